The normalized spacial score (nSPS) is 17.9. The summed E-state index contributed by atoms with van der Waals surface area (Å²) < 4.78 is 0. The van der Waals surface area contributed by atoms with E-state index in [1.807, 2.05) is 0 Å². The molecule has 1 aliphatic rings. The lowest BCUT2D eigenvalue weighted by atomic mass is 10.2. The molecule has 0 atom stereocenters. The second kappa shape index (κ2) is 2.82. The quantitative estimate of drug-likeness (QED) is 0.550. The molecular formula is C10H13Si. The van der Waals surface area contributed by atoms with Gasteiger partial charge in [0.2, 0.25) is 0 Å². The Kier molecular flexibility index (Phi) is 1.82. The minimum Gasteiger partial charge on any atom is -0.0631 e. The van der Waals surface area contributed by atoms with E-state index in [4.69, 9.17) is 0 Å². The standard InChI is InChI=1S/C10H13Si/c1-9-3-5-10(6-4-9)11-7-2-8-11/h3-6,11H,1-2,7-8H2. The SMILES string of the molecule is [CH2]c1ccc([SiH]2CCC2)cc1. The molecule has 0 aliphatic carbocycles. The topological polar surface area (TPSA) is 0 Å². The van der Waals surface area contributed by atoms with Crippen LogP contribution in [0.15, 0.2) is 24.3 Å². The van der Waals surface area contributed by atoms with Crippen molar-refractivity contribution in [3.8, 4) is 0 Å². The van der Waals surface area contributed by atoms with Gasteiger partial charge in [-0.1, -0.05) is 48.0 Å². The van der Waals surface area contributed by atoms with Gasteiger partial charge in [0.15, 0.2) is 0 Å². The van der Waals surface area contributed by atoms with E-state index in [9.17, 15) is 0 Å². The molecule has 1 radical (unpaired) electrons. The van der Waals surface area contributed by atoms with Crippen molar-refractivity contribution in [2.75, 3.05) is 0 Å². The molecule has 1 saturated heterocycles. The van der Waals surface area contributed by atoms with Crippen molar-refractivity contribution in [2.24, 2.45) is 0 Å². The summed E-state index contributed by atoms with van der Waals surface area (Å²) >= 11 is 0. The fourth-order valence-corrected chi connectivity index (χ4v) is 3.75. The Labute approximate surface area is 69.9 Å². The molecule has 0 spiro atoms. The number of benzene rings is 1. The Hall–Kier alpha value is -0.563. The van der Waals surface area contributed by atoms with Crippen molar-refractivity contribution >= 4 is 14.0 Å². The van der Waals surface area contributed by atoms with Crippen LogP contribution in [0.25, 0.3) is 0 Å². The molecule has 0 bridgehead atoms. The highest BCUT2D eigenvalue weighted by Crippen LogP contribution is 2.19. The first-order chi connectivity index (χ1) is 5.36. The fraction of sp³-hybridized carbons (Fsp3) is 0.300. The molecule has 0 saturated carbocycles. The zero-order valence-electron chi connectivity index (χ0n) is 6.72. The van der Waals surface area contributed by atoms with Crippen molar-refractivity contribution in [3.05, 3.63) is 36.8 Å². The van der Waals surface area contributed by atoms with Crippen LogP contribution in [-0.2, 0) is 0 Å². The van der Waals surface area contributed by atoms with E-state index < -0.39 is 8.80 Å². The van der Waals surface area contributed by atoms with Gasteiger partial charge in [0, 0.05) is 0 Å². The van der Waals surface area contributed by atoms with Gasteiger partial charge in [-0.15, -0.1) is 0 Å². The summed E-state index contributed by atoms with van der Waals surface area (Å²) in [5.74, 6) is 0. The van der Waals surface area contributed by atoms with E-state index in [0.717, 1.165) is 5.56 Å². The second-order valence-electron chi connectivity index (χ2n) is 3.37. The minimum absolute atomic E-state index is 0.407. The highest BCUT2D eigenvalue weighted by molar-refractivity contribution is 6.75. The summed E-state index contributed by atoms with van der Waals surface area (Å²) in [6, 6.07) is 11.9. The fourth-order valence-electron chi connectivity index (χ4n) is 1.53. The monoisotopic (exact) mass is 161 g/mol. The lowest BCUT2D eigenvalue weighted by Gasteiger charge is -2.23. The molecule has 0 nitrogen and oxygen atoms in total. The van der Waals surface area contributed by atoms with Crippen LogP contribution in [0.2, 0.25) is 12.1 Å². The van der Waals surface area contributed by atoms with Gasteiger partial charge in [-0.05, 0) is 12.5 Å². The molecule has 57 valence electrons. The van der Waals surface area contributed by atoms with Gasteiger partial charge in [0.25, 0.3) is 0 Å². The lowest BCUT2D eigenvalue weighted by molar-refractivity contribution is 0.951. The highest BCUT2D eigenvalue weighted by Gasteiger charge is 2.20. The van der Waals surface area contributed by atoms with E-state index in [1.165, 1.54) is 18.5 Å². The molecule has 1 fully saturated rings. The molecule has 0 amide bonds. The third-order valence-electron chi connectivity index (χ3n) is 2.56. The first kappa shape index (κ1) is 7.11. The Morgan fingerprint density at radius 1 is 1.09 bits per heavy atom. The molecule has 1 aromatic rings. The molecule has 1 heterocycles. The molecule has 1 aromatic carbocycles. The molecule has 2 rings (SSSR count). The van der Waals surface area contributed by atoms with Crippen LogP contribution in [-0.4, -0.2) is 8.80 Å². The van der Waals surface area contributed by atoms with Crippen LogP contribution in [0.3, 0.4) is 0 Å². The first-order valence-corrected chi connectivity index (χ1v) is 6.49. The van der Waals surface area contributed by atoms with Crippen molar-refractivity contribution in [3.63, 3.8) is 0 Å². The molecule has 1 heteroatoms. The van der Waals surface area contributed by atoms with E-state index in [1.54, 1.807) is 5.19 Å². The van der Waals surface area contributed by atoms with Gasteiger partial charge < -0.3 is 0 Å². The minimum atomic E-state index is -0.407. The van der Waals surface area contributed by atoms with Crippen LogP contribution in [0, 0.1) is 6.92 Å². The Bertz CT molecular complexity index is 234. The summed E-state index contributed by atoms with van der Waals surface area (Å²) in [4.78, 5) is 0. The average molecular weight is 161 g/mol. The van der Waals surface area contributed by atoms with Crippen LogP contribution in [0.5, 0.6) is 0 Å². The van der Waals surface area contributed by atoms with Gasteiger partial charge in [0.05, 0.1) is 8.80 Å². The maximum absolute atomic E-state index is 3.88. The average Bonchev–Trinajstić information content (AvgIpc) is 1.90. The second-order valence-corrected chi connectivity index (χ2v) is 6.58. The predicted octanol–water partition coefficient (Wildman–Crippen LogP) is 1.71. The van der Waals surface area contributed by atoms with Gasteiger partial charge >= 0.3 is 0 Å². The highest BCUT2D eigenvalue weighted by atomic mass is 28.3. The molecule has 1 aliphatic heterocycles. The smallest absolute Gasteiger partial charge is 0.0631 e. The van der Waals surface area contributed by atoms with E-state index in [-0.39, 0.29) is 0 Å². The van der Waals surface area contributed by atoms with Crippen LogP contribution in [0.4, 0.5) is 0 Å². The van der Waals surface area contributed by atoms with Crippen LogP contribution >= 0.6 is 0 Å². The van der Waals surface area contributed by atoms with Crippen LogP contribution < -0.4 is 5.19 Å². The Balaban J connectivity index is 2.18. The van der Waals surface area contributed by atoms with Gasteiger partial charge in [-0.3, -0.25) is 0 Å². The summed E-state index contributed by atoms with van der Waals surface area (Å²) in [5.41, 5.74) is 1.14. The molecule has 11 heavy (non-hydrogen) atoms. The van der Waals surface area contributed by atoms with E-state index >= 15 is 0 Å². The van der Waals surface area contributed by atoms with Gasteiger partial charge in [0.1, 0.15) is 0 Å². The third kappa shape index (κ3) is 1.38. The van der Waals surface area contributed by atoms with Gasteiger partial charge in [-0.25, -0.2) is 0 Å². The molecule has 0 unspecified atom stereocenters. The van der Waals surface area contributed by atoms with Crippen molar-refractivity contribution in [2.45, 2.75) is 18.5 Å². The van der Waals surface area contributed by atoms with Crippen molar-refractivity contribution < 1.29 is 0 Å². The summed E-state index contributed by atoms with van der Waals surface area (Å²) in [7, 11) is -0.407. The number of hydrogen-bond acceptors (Lipinski definition) is 0. The molecule has 0 aromatic heterocycles. The van der Waals surface area contributed by atoms with Crippen molar-refractivity contribution in [1.82, 2.24) is 0 Å². The zero-order valence-corrected chi connectivity index (χ0v) is 7.87. The summed E-state index contributed by atoms with van der Waals surface area (Å²) in [6.07, 6.45) is 1.48. The largest absolute Gasteiger partial charge is 0.0708 e. The number of hydrogen-bond donors (Lipinski definition) is 0. The predicted molar refractivity (Wildman–Crippen MR) is 51.9 cm³/mol. The first-order valence-electron chi connectivity index (χ1n) is 4.28. The van der Waals surface area contributed by atoms with Gasteiger partial charge in [-0.2, -0.15) is 0 Å². The summed E-state index contributed by atoms with van der Waals surface area (Å²) in [6.45, 7) is 3.88. The Morgan fingerprint density at radius 3 is 2.18 bits per heavy atom. The maximum atomic E-state index is 3.88. The number of rotatable bonds is 1. The van der Waals surface area contributed by atoms with E-state index in [0.29, 0.717) is 0 Å². The van der Waals surface area contributed by atoms with Crippen LogP contribution in [0.1, 0.15) is 12.0 Å². The lowest BCUT2D eigenvalue weighted by Crippen LogP contribution is -2.35. The maximum Gasteiger partial charge on any atom is 0.0708 e. The third-order valence-corrected chi connectivity index (χ3v) is 6.09. The zero-order chi connectivity index (χ0) is 7.68. The molecular weight excluding hydrogens is 148 g/mol. The summed E-state index contributed by atoms with van der Waals surface area (Å²) in [5, 5.41) is 1.64. The van der Waals surface area contributed by atoms with E-state index in [2.05, 4.69) is 31.2 Å². The molecule has 0 N–H and O–H groups in total. The van der Waals surface area contributed by atoms with Crippen molar-refractivity contribution in [1.29, 1.82) is 0 Å². The Morgan fingerprint density at radius 2 is 1.73 bits per heavy atom.